The minimum atomic E-state index is -5.08. The smallest absolute Gasteiger partial charge is 0.490 e. The first-order chi connectivity index (χ1) is 14.5. The third-order valence-electron chi connectivity index (χ3n) is 3.75. The van der Waals surface area contributed by atoms with Crippen molar-refractivity contribution in [1.82, 2.24) is 0 Å². The summed E-state index contributed by atoms with van der Waals surface area (Å²) in [7, 11) is 1.48. The molecule has 2 aromatic rings. The van der Waals surface area contributed by atoms with Crippen LogP contribution in [0.1, 0.15) is 21.5 Å². The number of nitrogens with two attached hydrogens (primary N) is 1. The Morgan fingerprint density at radius 1 is 1.06 bits per heavy atom. The van der Waals surface area contributed by atoms with E-state index < -0.39 is 30.1 Å². The zero-order chi connectivity index (χ0) is 23.6. The van der Waals surface area contributed by atoms with Crippen LogP contribution in [0.25, 0.3) is 0 Å². The normalized spacial score (nSPS) is 11.5. The molecule has 0 radical (unpaired) electrons. The monoisotopic (exact) mass is 443 g/mol. The van der Waals surface area contributed by atoms with Crippen molar-refractivity contribution >= 4 is 17.9 Å². The summed E-state index contributed by atoms with van der Waals surface area (Å²) in [5, 5.41) is 16.1. The van der Waals surface area contributed by atoms with Crippen molar-refractivity contribution in [3.05, 3.63) is 65.2 Å². The summed E-state index contributed by atoms with van der Waals surface area (Å²) in [5.41, 5.74) is 7.18. The zero-order valence-corrected chi connectivity index (χ0v) is 16.3. The van der Waals surface area contributed by atoms with Crippen LogP contribution in [-0.2, 0) is 27.4 Å². The molecule has 168 valence electrons. The second-order valence-corrected chi connectivity index (χ2v) is 6.04. The molecule has 8 nitrogen and oxygen atoms in total. The molecular formula is C20H20F3NO7. The van der Waals surface area contributed by atoms with E-state index in [1.165, 1.54) is 13.2 Å². The molecule has 0 aliphatic carbocycles. The van der Waals surface area contributed by atoms with Crippen LogP contribution in [0, 0.1) is 0 Å². The number of hydrogen-bond donors (Lipinski definition) is 3. The standard InChI is InChI=1S/C18H19NO5.C2HF3O2/c1-23-14-8-7-13(9-16(19)17(20)21)15(10-14)18(22)24-11-12-5-3-2-4-6-12;3-2(4,5)1(6)7/h2-8,10,16H,9,11,19H2,1H3,(H,20,21);(H,6,7)/t16-;/m1./s1. The summed E-state index contributed by atoms with van der Waals surface area (Å²) in [6.45, 7) is 0.126. The van der Waals surface area contributed by atoms with Crippen molar-refractivity contribution in [3.8, 4) is 5.75 Å². The average molecular weight is 443 g/mol. The molecule has 0 heterocycles. The summed E-state index contributed by atoms with van der Waals surface area (Å²) in [5.74, 6) is -3.96. The number of ether oxygens (including phenoxy) is 2. The molecule has 2 aromatic carbocycles. The van der Waals surface area contributed by atoms with E-state index in [0.717, 1.165) is 5.56 Å². The Bertz CT molecular complexity index is 901. The van der Waals surface area contributed by atoms with Crippen molar-refractivity contribution < 1.29 is 47.2 Å². The first kappa shape index (κ1) is 25.4. The highest BCUT2D eigenvalue weighted by Gasteiger charge is 2.38. The van der Waals surface area contributed by atoms with Gasteiger partial charge in [-0.25, -0.2) is 9.59 Å². The molecule has 11 heteroatoms. The second kappa shape index (κ2) is 11.6. The number of rotatable bonds is 7. The first-order valence-electron chi connectivity index (χ1n) is 8.62. The molecule has 31 heavy (non-hydrogen) atoms. The highest BCUT2D eigenvalue weighted by molar-refractivity contribution is 5.92. The van der Waals surface area contributed by atoms with Gasteiger partial charge in [-0.3, -0.25) is 4.79 Å². The van der Waals surface area contributed by atoms with E-state index in [9.17, 15) is 22.8 Å². The number of carboxylic acids is 2. The van der Waals surface area contributed by atoms with Crippen molar-refractivity contribution in [3.63, 3.8) is 0 Å². The maximum absolute atomic E-state index is 12.4. The summed E-state index contributed by atoms with van der Waals surface area (Å²) >= 11 is 0. The molecule has 0 bridgehead atoms. The van der Waals surface area contributed by atoms with Crippen LogP contribution in [0.15, 0.2) is 48.5 Å². The molecule has 0 aliphatic rings. The number of hydrogen-bond acceptors (Lipinski definition) is 6. The quantitative estimate of drug-likeness (QED) is 0.556. The van der Waals surface area contributed by atoms with Crippen LogP contribution in [-0.4, -0.2) is 47.4 Å². The molecular weight excluding hydrogens is 423 g/mol. The van der Waals surface area contributed by atoms with Gasteiger partial charge in [0.15, 0.2) is 0 Å². The lowest BCUT2D eigenvalue weighted by molar-refractivity contribution is -0.192. The number of methoxy groups -OCH3 is 1. The molecule has 0 amide bonds. The first-order valence-corrected chi connectivity index (χ1v) is 8.62. The van der Waals surface area contributed by atoms with Gasteiger partial charge in [-0.1, -0.05) is 36.4 Å². The second-order valence-electron chi connectivity index (χ2n) is 6.04. The SMILES string of the molecule is COc1ccc(C[C@@H](N)C(=O)O)c(C(=O)OCc2ccccc2)c1.O=C(O)C(F)(F)F. The van der Waals surface area contributed by atoms with Crippen molar-refractivity contribution in [2.24, 2.45) is 5.73 Å². The topological polar surface area (TPSA) is 136 Å². The van der Waals surface area contributed by atoms with Gasteiger partial charge in [0.25, 0.3) is 0 Å². The maximum Gasteiger partial charge on any atom is 0.490 e. The molecule has 0 aliphatic heterocycles. The van der Waals surface area contributed by atoms with Crippen molar-refractivity contribution in [1.29, 1.82) is 0 Å². The Hall–Kier alpha value is -3.60. The number of alkyl halides is 3. The summed E-state index contributed by atoms with van der Waals surface area (Å²) in [6, 6.07) is 13.0. The Labute approximate surface area is 175 Å². The van der Waals surface area contributed by atoms with Crippen LogP contribution >= 0.6 is 0 Å². The largest absolute Gasteiger partial charge is 0.497 e. The molecule has 4 N–H and O–H groups in total. The van der Waals surface area contributed by atoms with E-state index in [1.54, 1.807) is 12.1 Å². The highest BCUT2D eigenvalue weighted by Crippen LogP contribution is 2.20. The summed E-state index contributed by atoms with van der Waals surface area (Å²) < 4.78 is 42.2. The van der Waals surface area contributed by atoms with Crippen LogP contribution in [0.5, 0.6) is 5.75 Å². The Kier molecular flexibility index (Phi) is 9.48. The number of aliphatic carboxylic acids is 2. The van der Waals surface area contributed by atoms with Gasteiger partial charge in [0.05, 0.1) is 12.7 Å². The molecule has 2 rings (SSSR count). The fourth-order valence-corrected chi connectivity index (χ4v) is 2.18. The molecule has 1 atom stereocenters. The lowest BCUT2D eigenvalue weighted by Gasteiger charge is -2.13. The van der Waals surface area contributed by atoms with Crippen LogP contribution < -0.4 is 10.5 Å². The predicted molar refractivity (Wildman–Crippen MR) is 102 cm³/mol. The number of benzene rings is 2. The van der Waals surface area contributed by atoms with Gasteiger partial charge >= 0.3 is 24.1 Å². The molecule has 0 fully saturated rings. The van der Waals surface area contributed by atoms with Gasteiger partial charge < -0.3 is 25.4 Å². The fraction of sp³-hybridized carbons (Fsp3) is 0.250. The van der Waals surface area contributed by atoms with E-state index in [0.29, 0.717) is 11.3 Å². The lowest BCUT2D eigenvalue weighted by Crippen LogP contribution is -2.32. The summed E-state index contributed by atoms with van der Waals surface area (Å²) in [4.78, 5) is 32.2. The van der Waals surface area contributed by atoms with Gasteiger partial charge in [-0.05, 0) is 29.7 Å². The van der Waals surface area contributed by atoms with E-state index >= 15 is 0 Å². The van der Waals surface area contributed by atoms with Crippen molar-refractivity contribution in [2.45, 2.75) is 25.2 Å². The number of esters is 1. The van der Waals surface area contributed by atoms with E-state index in [-0.39, 0.29) is 18.6 Å². The third-order valence-corrected chi connectivity index (χ3v) is 3.75. The summed E-state index contributed by atoms with van der Waals surface area (Å²) in [6.07, 6.45) is -5.06. The number of carbonyl (C=O) groups excluding carboxylic acids is 1. The maximum atomic E-state index is 12.4. The molecule has 0 saturated carbocycles. The molecule has 0 unspecified atom stereocenters. The highest BCUT2D eigenvalue weighted by atomic mass is 19.4. The molecule has 0 saturated heterocycles. The van der Waals surface area contributed by atoms with Crippen LogP contribution in [0.4, 0.5) is 13.2 Å². The fourth-order valence-electron chi connectivity index (χ4n) is 2.18. The zero-order valence-electron chi connectivity index (χ0n) is 16.3. The van der Waals surface area contributed by atoms with E-state index in [4.69, 9.17) is 30.2 Å². The Morgan fingerprint density at radius 2 is 1.65 bits per heavy atom. The Morgan fingerprint density at radius 3 is 2.13 bits per heavy atom. The molecule has 0 spiro atoms. The van der Waals surface area contributed by atoms with Gasteiger partial charge in [0.1, 0.15) is 18.4 Å². The van der Waals surface area contributed by atoms with Gasteiger partial charge in [0.2, 0.25) is 0 Å². The average Bonchev–Trinajstić information content (AvgIpc) is 2.72. The third kappa shape index (κ3) is 8.74. The van der Waals surface area contributed by atoms with E-state index in [1.807, 2.05) is 30.3 Å². The van der Waals surface area contributed by atoms with Gasteiger partial charge in [-0.15, -0.1) is 0 Å². The minimum Gasteiger partial charge on any atom is -0.497 e. The van der Waals surface area contributed by atoms with Crippen molar-refractivity contribution in [2.75, 3.05) is 7.11 Å². The van der Waals surface area contributed by atoms with Gasteiger partial charge in [0, 0.05) is 0 Å². The minimum absolute atomic E-state index is 0.0229. The molecule has 0 aromatic heterocycles. The number of halogens is 3. The number of carbonyl (C=O) groups is 3. The lowest BCUT2D eigenvalue weighted by atomic mass is 10.00. The van der Waals surface area contributed by atoms with Crippen LogP contribution in [0.3, 0.4) is 0 Å². The predicted octanol–water partition coefficient (Wildman–Crippen LogP) is 2.64. The van der Waals surface area contributed by atoms with Gasteiger partial charge in [-0.2, -0.15) is 13.2 Å². The van der Waals surface area contributed by atoms with Crippen LogP contribution in [0.2, 0.25) is 0 Å². The Balaban J connectivity index is 0.000000592. The van der Waals surface area contributed by atoms with E-state index in [2.05, 4.69) is 0 Å². The number of carboxylic acid groups (broad SMARTS) is 2.